The normalized spacial score (nSPS) is 14.9. The third kappa shape index (κ3) is 7.73. The van der Waals surface area contributed by atoms with E-state index in [1.807, 2.05) is 0 Å². The molecule has 2 heterocycles. The minimum absolute atomic E-state index is 0.107. The molecule has 2 aromatic carbocycles. The summed E-state index contributed by atoms with van der Waals surface area (Å²) in [7, 11) is 0.952. The standard InChI is InChI=1S/C30H40N4O6S/c1-21-16-26(39-5)17-22(2)29(21)41(36,37)33(3)19-28-32-27(20-40-28)30(35)31-13-10-23-6-8-24(9-7-23)18-34-14-11-25(38-4)12-15-34/h6-9,16-17,20,25H,10-15,18-19H2,1-5H3,(H,31,35). The molecule has 4 rings (SSSR count). The molecule has 1 fully saturated rings. The van der Waals surface area contributed by atoms with Crippen molar-refractivity contribution in [2.24, 2.45) is 0 Å². The van der Waals surface area contributed by atoms with E-state index in [0.717, 1.165) is 42.3 Å². The van der Waals surface area contributed by atoms with E-state index in [1.54, 1.807) is 33.1 Å². The van der Waals surface area contributed by atoms with Crippen molar-refractivity contribution < 1.29 is 27.1 Å². The molecule has 3 aromatic rings. The van der Waals surface area contributed by atoms with Crippen LogP contribution in [0.2, 0.25) is 0 Å². The molecule has 0 atom stereocenters. The summed E-state index contributed by atoms with van der Waals surface area (Å²) in [5, 5.41) is 2.86. The number of rotatable bonds is 12. The number of aryl methyl sites for hydroxylation is 2. The summed E-state index contributed by atoms with van der Waals surface area (Å²) in [4.78, 5) is 19.5. The molecule has 41 heavy (non-hydrogen) atoms. The third-order valence-corrected chi connectivity index (χ3v) is 9.59. The second kappa shape index (κ2) is 13.6. The van der Waals surface area contributed by atoms with Crippen molar-refractivity contribution in [3.8, 4) is 5.75 Å². The average molecular weight is 585 g/mol. The van der Waals surface area contributed by atoms with Crippen LogP contribution in [0.4, 0.5) is 0 Å². The number of nitrogens with zero attached hydrogens (tertiary/aromatic N) is 3. The Morgan fingerprint density at radius 2 is 1.73 bits per heavy atom. The average Bonchev–Trinajstić information content (AvgIpc) is 3.42. The number of sulfonamides is 1. The lowest BCUT2D eigenvalue weighted by molar-refractivity contribution is 0.0388. The van der Waals surface area contributed by atoms with Gasteiger partial charge < -0.3 is 19.2 Å². The number of nitrogens with one attached hydrogen (secondary N) is 1. The Labute approximate surface area is 242 Å². The van der Waals surface area contributed by atoms with Gasteiger partial charge in [-0.05, 0) is 67.5 Å². The van der Waals surface area contributed by atoms with Gasteiger partial charge >= 0.3 is 0 Å². The molecule has 1 N–H and O–H groups in total. The Hall–Kier alpha value is -3.25. The Morgan fingerprint density at radius 3 is 2.34 bits per heavy atom. The largest absolute Gasteiger partial charge is 0.497 e. The van der Waals surface area contributed by atoms with Crippen LogP contribution < -0.4 is 10.1 Å². The van der Waals surface area contributed by atoms with Crippen molar-refractivity contribution in [3.63, 3.8) is 0 Å². The molecular formula is C30H40N4O6S. The predicted molar refractivity (Wildman–Crippen MR) is 155 cm³/mol. The van der Waals surface area contributed by atoms with E-state index in [0.29, 0.717) is 35.9 Å². The number of aromatic nitrogens is 1. The second-order valence-electron chi connectivity index (χ2n) is 10.5. The predicted octanol–water partition coefficient (Wildman–Crippen LogP) is 3.70. The van der Waals surface area contributed by atoms with E-state index in [4.69, 9.17) is 13.9 Å². The molecule has 0 bridgehead atoms. The number of hydrogen-bond donors (Lipinski definition) is 1. The molecule has 10 nitrogen and oxygen atoms in total. The summed E-state index contributed by atoms with van der Waals surface area (Å²) >= 11 is 0. The van der Waals surface area contributed by atoms with Crippen molar-refractivity contribution in [1.82, 2.24) is 19.5 Å². The fraction of sp³-hybridized carbons (Fsp3) is 0.467. The Balaban J connectivity index is 1.26. The molecule has 0 spiro atoms. The van der Waals surface area contributed by atoms with Crippen molar-refractivity contribution in [3.05, 3.63) is 76.5 Å². The lowest BCUT2D eigenvalue weighted by Crippen LogP contribution is -2.36. The van der Waals surface area contributed by atoms with Gasteiger partial charge in [0.05, 0.1) is 24.7 Å². The highest BCUT2D eigenvalue weighted by atomic mass is 32.2. The summed E-state index contributed by atoms with van der Waals surface area (Å²) in [5.41, 5.74) is 3.67. The molecule has 1 aliphatic heterocycles. The molecule has 222 valence electrons. The number of likely N-dealkylation sites (tertiary alicyclic amines) is 1. The van der Waals surface area contributed by atoms with Crippen LogP contribution in [-0.4, -0.2) is 75.5 Å². The number of ether oxygens (including phenoxy) is 2. The van der Waals surface area contributed by atoms with Crippen LogP contribution in [-0.2, 0) is 34.3 Å². The fourth-order valence-corrected chi connectivity index (χ4v) is 6.66. The van der Waals surface area contributed by atoms with Crippen LogP contribution >= 0.6 is 0 Å². The number of methoxy groups -OCH3 is 2. The first-order valence-electron chi connectivity index (χ1n) is 13.8. The van der Waals surface area contributed by atoms with Crippen LogP contribution in [0.25, 0.3) is 0 Å². The lowest BCUT2D eigenvalue weighted by atomic mass is 10.1. The minimum Gasteiger partial charge on any atom is -0.497 e. The van der Waals surface area contributed by atoms with Gasteiger partial charge in [-0.15, -0.1) is 0 Å². The van der Waals surface area contributed by atoms with Gasteiger partial charge in [0.25, 0.3) is 5.91 Å². The Bertz CT molecular complexity index is 1410. The monoisotopic (exact) mass is 584 g/mol. The van der Waals surface area contributed by atoms with E-state index in [1.165, 1.54) is 26.0 Å². The highest BCUT2D eigenvalue weighted by Gasteiger charge is 2.27. The highest BCUT2D eigenvalue weighted by molar-refractivity contribution is 7.89. The number of amides is 1. The van der Waals surface area contributed by atoms with Crippen LogP contribution in [0.1, 0.15) is 51.5 Å². The van der Waals surface area contributed by atoms with Gasteiger partial charge in [0.2, 0.25) is 15.9 Å². The molecule has 1 saturated heterocycles. The zero-order valence-electron chi connectivity index (χ0n) is 24.5. The number of carbonyl (C=O) groups is 1. The van der Waals surface area contributed by atoms with Crippen LogP contribution in [0.15, 0.2) is 52.0 Å². The lowest BCUT2D eigenvalue weighted by Gasteiger charge is -2.31. The van der Waals surface area contributed by atoms with E-state index >= 15 is 0 Å². The third-order valence-electron chi connectivity index (χ3n) is 7.48. The Morgan fingerprint density at radius 1 is 1.10 bits per heavy atom. The molecule has 1 aliphatic rings. The summed E-state index contributed by atoms with van der Waals surface area (Å²) in [5.74, 6) is 0.353. The molecule has 0 unspecified atom stereocenters. The van der Waals surface area contributed by atoms with Crippen LogP contribution in [0.3, 0.4) is 0 Å². The summed E-state index contributed by atoms with van der Waals surface area (Å²) in [6, 6.07) is 11.8. The van der Waals surface area contributed by atoms with Crippen molar-refractivity contribution in [2.75, 3.05) is 40.9 Å². The highest BCUT2D eigenvalue weighted by Crippen LogP contribution is 2.28. The number of piperidine rings is 1. The van der Waals surface area contributed by atoms with E-state index in [2.05, 4.69) is 39.5 Å². The maximum Gasteiger partial charge on any atom is 0.273 e. The maximum atomic E-state index is 13.3. The number of oxazole rings is 1. The molecule has 11 heteroatoms. The van der Waals surface area contributed by atoms with Gasteiger partial charge in [-0.2, -0.15) is 4.31 Å². The zero-order valence-corrected chi connectivity index (χ0v) is 25.3. The van der Waals surface area contributed by atoms with Gasteiger partial charge in [-0.25, -0.2) is 13.4 Å². The molecule has 0 aliphatic carbocycles. The Kier molecular flexibility index (Phi) is 10.2. The number of hydrogen-bond acceptors (Lipinski definition) is 8. The number of carbonyl (C=O) groups excluding carboxylic acids is 1. The molecule has 1 aromatic heterocycles. The summed E-state index contributed by atoms with van der Waals surface area (Å²) < 4.78 is 43.8. The molecule has 0 saturated carbocycles. The fourth-order valence-electron chi connectivity index (χ4n) is 5.14. The van der Waals surface area contributed by atoms with E-state index in [9.17, 15) is 13.2 Å². The van der Waals surface area contributed by atoms with Crippen LogP contribution in [0, 0.1) is 13.8 Å². The second-order valence-corrected chi connectivity index (χ2v) is 12.5. The maximum absolute atomic E-state index is 13.3. The van der Waals surface area contributed by atoms with E-state index < -0.39 is 10.0 Å². The zero-order chi connectivity index (χ0) is 29.6. The minimum atomic E-state index is -3.82. The first kappa shape index (κ1) is 30.7. The number of benzene rings is 2. The van der Waals surface area contributed by atoms with Gasteiger partial charge in [-0.3, -0.25) is 9.69 Å². The molecule has 0 radical (unpaired) electrons. The summed E-state index contributed by atoms with van der Waals surface area (Å²) in [6.45, 7) is 6.80. The SMILES string of the molecule is COc1cc(C)c(S(=O)(=O)N(C)Cc2nc(C(=O)NCCc3ccc(CN4CCC(OC)CC4)cc3)co2)c(C)c1. The first-order chi connectivity index (χ1) is 19.6. The van der Waals surface area contributed by atoms with Gasteiger partial charge in [0, 0.05) is 40.3 Å². The quantitative estimate of drug-likeness (QED) is 0.343. The van der Waals surface area contributed by atoms with Crippen molar-refractivity contribution in [2.45, 2.75) is 57.2 Å². The van der Waals surface area contributed by atoms with E-state index in [-0.39, 0.29) is 28.9 Å². The topological polar surface area (TPSA) is 114 Å². The smallest absolute Gasteiger partial charge is 0.273 e. The van der Waals surface area contributed by atoms with Gasteiger partial charge in [0.1, 0.15) is 12.0 Å². The molecular weight excluding hydrogens is 544 g/mol. The van der Waals surface area contributed by atoms with Gasteiger partial charge in [-0.1, -0.05) is 24.3 Å². The first-order valence-corrected chi connectivity index (χ1v) is 15.2. The molecule has 1 amide bonds. The summed E-state index contributed by atoms with van der Waals surface area (Å²) in [6.07, 6.45) is 4.45. The van der Waals surface area contributed by atoms with Crippen molar-refractivity contribution in [1.29, 1.82) is 0 Å². The van der Waals surface area contributed by atoms with Crippen molar-refractivity contribution >= 4 is 15.9 Å². The van der Waals surface area contributed by atoms with Gasteiger partial charge in [0.15, 0.2) is 5.69 Å². The van der Waals surface area contributed by atoms with Crippen LogP contribution in [0.5, 0.6) is 5.75 Å².